The summed E-state index contributed by atoms with van der Waals surface area (Å²) in [5, 5.41) is 17.5. The number of hydrogen-bond acceptors (Lipinski definition) is 2. The Bertz CT molecular complexity index is 161. The Balaban J connectivity index is 3.56. The maximum atomic E-state index is 10.0. The second kappa shape index (κ2) is 5.77. The quantitative estimate of drug-likeness (QED) is 0.617. The van der Waals surface area contributed by atoms with Crippen molar-refractivity contribution < 1.29 is 15.0 Å². The molecule has 3 heteroatoms. The zero-order chi connectivity index (χ0) is 9.56. The fraction of sp³-hybridized carbons (Fsp3) is 0.667. The lowest BCUT2D eigenvalue weighted by Gasteiger charge is -2.09. The van der Waals surface area contributed by atoms with Gasteiger partial charge in [0.1, 0.15) is 0 Å². The Morgan fingerprint density at radius 1 is 1.50 bits per heavy atom. The lowest BCUT2D eigenvalue weighted by molar-refractivity contribution is -0.131. The number of carboxylic acid groups (broad SMARTS) is 1. The van der Waals surface area contributed by atoms with E-state index in [2.05, 4.69) is 0 Å². The van der Waals surface area contributed by atoms with Crippen LogP contribution in [0.25, 0.3) is 0 Å². The minimum Gasteiger partial charge on any atom is -0.478 e. The molecule has 0 aromatic heterocycles. The predicted molar refractivity (Wildman–Crippen MR) is 46.9 cm³/mol. The number of carbonyl (C=O) groups is 1. The number of carboxylic acids is 1. The second-order valence-corrected chi connectivity index (χ2v) is 3.26. The molecule has 0 saturated heterocycles. The minimum absolute atomic E-state index is 0.416. The fourth-order valence-electron chi connectivity index (χ4n) is 0.966. The van der Waals surface area contributed by atoms with Crippen LogP contribution in [0.2, 0.25) is 0 Å². The van der Waals surface area contributed by atoms with Crippen molar-refractivity contribution in [1.82, 2.24) is 0 Å². The van der Waals surface area contributed by atoms with E-state index in [4.69, 9.17) is 5.11 Å². The van der Waals surface area contributed by atoms with E-state index < -0.39 is 12.1 Å². The average Bonchev–Trinajstić information content (AvgIpc) is 1.84. The molecule has 0 amide bonds. The van der Waals surface area contributed by atoms with Gasteiger partial charge < -0.3 is 10.2 Å². The predicted octanol–water partition coefficient (Wildman–Crippen LogP) is 1.42. The van der Waals surface area contributed by atoms with Gasteiger partial charge in [-0.3, -0.25) is 0 Å². The lowest BCUT2D eigenvalue weighted by Crippen LogP contribution is -2.08. The summed E-state index contributed by atoms with van der Waals surface area (Å²) in [5.74, 6) is -0.523. The van der Waals surface area contributed by atoms with Gasteiger partial charge in [-0.2, -0.15) is 0 Å². The molecule has 2 N–H and O–H groups in total. The molecule has 0 aliphatic rings. The molecule has 0 fully saturated rings. The molecule has 12 heavy (non-hydrogen) atoms. The topological polar surface area (TPSA) is 57.5 Å². The monoisotopic (exact) mass is 172 g/mol. The Morgan fingerprint density at radius 3 is 2.50 bits per heavy atom. The van der Waals surface area contributed by atoms with E-state index in [1.807, 2.05) is 13.8 Å². The molecule has 0 aromatic carbocycles. The third kappa shape index (κ3) is 7.28. The molecule has 70 valence electrons. The van der Waals surface area contributed by atoms with E-state index in [-0.39, 0.29) is 0 Å². The first-order chi connectivity index (χ1) is 5.52. The van der Waals surface area contributed by atoms with E-state index >= 15 is 0 Å². The smallest absolute Gasteiger partial charge is 0.327 e. The van der Waals surface area contributed by atoms with Crippen LogP contribution >= 0.6 is 0 Å². The molecular formula is C9H16O3. The largest absolute Gasteiger partial charge is 0.478 e. The maximum absolute atomic E-state index is 10.0. The van der Waals surface area contributed by atoms with E-state index in [1.54, 1.807) is 0 Å². The van der Waals surface area contributed by atoms with Gasteiger partial charge >= 0.3 is 5.97 Å². The van der Waals surface area contributed by atoms with Gasteiger partial charge in [-0.25, -0.2) is 4.79 Å². The highest BCUT2D eigenvalue weighted by Crippen LogP contribution is 2.07. The summed E-state index contributed by atoms with van der Waals surface area (Å²) < 4.78 is 0. The van der Waals surface area contributed by atoms with Crippen molar-refractivity contribution in [2.75, 3.05) is 0 Å². The summed E-state index contributed by atoms with van der Waals surface area (Å²) in [4.78, 5) is 10.0. The van der Waals surface area contributed by atoms with Crippen LogP contribution in [0.15, 0.2) is 12.2 Å². The molecule has 1 atom stereocenters. The van der Waals surface area contributed by atoms with Crippen molar-refractivity contribution in [3.63, 3.8) is 0 Å². The second-order valence-electron chi connectivity index (χ2n) is 3.26. The van der Waals surface area contributed by atoms with Gasteiger partial charge in [-0.1, -0.05) is 19.9 Å². The summed E-state index contributed by atoms with van der Waals surface area (Å²) in [7, 11) is 0. The highest BCUT2D eigenvalue weighted by molar-refractivity contribution is 5.79. The first kappa shape index (κ1) is 11.2. The molecule has 0 aliphatic heterocycles. The molecule has 3 nitrogen and oxygen atoms in total. The number of hydrogen-bond donors (Lipinski definition) is 2. The van der Waals surface area contributed by atoms with Crippen LogP contribution in [-0.2, 0) is 4.79 Å². The molecule has 0 aliphatic carbocycles. The van der Waals surface area contributed by atoms with Crippen molar-refractivity contribution in [1.29, 1.82) is 0 Å². The summed E-state index contributed by atoms with van der Waals surface area (Å²) in [6.45, 7) is 4.04. The minimum atomic E-state index is -0.966. The van der Waals surface area contributed by atoms with Crippen LogP contribution in [-0.4, -0.2) is 22.3 Å². The fourth-order valence-corrected chi connectivity index (χ4v) is 0.966. The van der Waals surface area contributed by atoms with Crippen molar-refractivity contribution in [2.24, 2.45) is 5.92 Å². The molecule has 0 heterocycles. The van der Waals surface area contributed by atoms with Crippen molar-refractivity contribution in [3.8, 4) is 0 Å². The molecule has 1 unspecified atom stereocenters. The highest BCUT2D eigenvalue weighted by atomic mass is 16.4. The van der Waals surface area contributed by atoms with Crippen LogP contribution in [0.5, 0.6) is 0 Å². The standard InChI is InChI=1S/C9H16O3/c1-7(2)6-8(10)4-3-5-9(11)12/h3,5,7-8,10H,4,6H2,1-2H3,(H,11,12). The maximum Gasteiger partial charge on any atom is 0.327 e. The van der Waals surface area contributed by atoms with Crippen molar-refractivity contribution in [2.45, 2.75) is 32.8 Å². The van der Waals surface area contributed by atoms with Crippen LogP contribution < -0.4 is 0 Å². The Hall–Kier alpha value is -0.830. The van der Waals surface area contributed by atoms with Gasteiger partial charge in [0.25, 0.3) is 0 Å². The zero-order valence-electron chi connectivity index (χ0n) is 7.53. The normalized spacial score (nSPS) is 14.0. The number of aliphatic hydroxyl groups is 1. The van der Waals surface area contributed by atoms with Gasteiger partial charge in [-0.05, 0) is 18.8 Å². The van der Waals surface area contributed by atoms with Gasteiger partial charge in [0.05, 0.1) is 6.10 Å². The summed E-state index contributed by atoms with van der Waals surface area (Å²) >= 11 is 0. The highest BCUT2D eigenvalue weighted by Gasteiger charge is 2.04. The van der Waals surface area contributed by atoms with Crippen LogP contribution in [0.4, 0.5) is 0 Å². The zero-order valence-corrected chi connectivity index (χ0v) is 7.53. The molecule has 0 spiro atoms. The first-order valence-electron chi connectivity index (χ1n) is 4.10. The van der Waals surface area contributed by atoms with E-state index in [1.165, 1.54) is 6.08 Å². The molecular weight excluding hydrogens is 156 g/mol. The first-order valence-corrected chi connectivity index (χ1v) is 4.10. The van der Waals surface area contributed by atoms with Crippen molar-refractivity contribution >= 4 is 5.97 Å². The van der Waals surface area contributed by atoms with Gasteiger partial charge in [-0.15, -0.1) is 0 Å². The van der Waals surface area contributed by atoms with Crippen LogP contribution in [0.3, 0.4) is 0 Å². The Kier molecular flexibility index (Phi) is 5.37. The van der Waals surface area contributed by atoms with Crippen LogP contribution in [0.1, 0.15) is 26.7 Å². The average molecular weight is 172 g/mol. The molecule has 0 aromatic rings. The van der Waals surface area contributed by atoms with E-state index in [9.17, 15) is 9.90 Å². The Labute approximate surface area is 72.7 Å². The van der Waals surface area contributed by atoms with E-state index in [0.717, 1.165) is 6.08 Å². The van der Waals surface area contributed by atoms with E-state index in [0.29, 0.717) is 18.8 Å². The summed E-state index contributed by atoms with van der Waals surface area (Å²) in [6.07, 6.45) is 3.26. The molecule has 0 radical (unpaired) electrons. The summed E-state index contributed by atoms with van der Waals surface area (Å²) in [6, 6.07) is 0. The Morgan fingerprint density at radius 2 is 2.08 bits per heavy atom. The number of rotatable bonds is 5. The van der Waals surface area contributed by atoms with Gasteiger partial charge in [0.2, 0.25) is 0 Å². The third-order valence-electron chi connectivity index (χ3n) is 1.41. The van der Waals surface area contributed by atoms with Crippen LogP contribution in [0, 0.1) is 5.92 Å². The van der Waals surface area contributed by atoms with Crippen molar-refractivity contribution in [3.05, 3.63) is 12.2 Å². The third-order valence-corrected chi connectivity index (χ3v) is 1.41. The van der Waals surface area contributed by atoms with Gasteiger partial charge in [0.15, 0.2) is 0 Å². The molecule has 0 bridgehead atoms. The number of aliphatic carboxylic acids is 1. The number of aliphatic hydroxyl groups excluding tert-OH is 1. The summed E-state index contributed by atoms with van der Waals surface area (Å²) in [5.41, 5.74) is 0. The SMILES string of the molecule is CC(C)CC(O)CC=CC(=O)O. The molecule has 0 rings (SSSR count). The molecule has 0 saturated carbocycles. The van der Waals surface area contributed by atoms with Gasteiger partial charge in [0, 0.05) is 6.08 Å². The lowest BCUT2D eigenvalue weighted by atomic mass is 10.0.